The summed E-state index contributed by atoms with van der Waals surface area (Å²) in [5, 5.41) is 3.36. The second-order valence-electron chi connectivity index (χ2n) is 6.77. The fourth-order valence-electron chi connectivity index (χ4n) is 3.22. The van der Waals surface area contributed by atoms with E-state index in [0.29, 0.717) is 39.2 Å². The van der Waals surface area contributed by atoms with E-state index in [1.54, 1.807) is 40.9 Å². The van der Waals surface area contributed by atoms with Gasteiger partial charge in [0.25, 0.3) is 0 Å². The molecular weight excluding hydrogens is 431 g/mol. The first-order chi connectivity index (χ1) is 14.3. The van der Waals surface area contributed by atoms with Crippen LogP contribution in [0.1, 0.15) is 23.0 Å². The predicted molar refractivity (Wildman–Crippen MR) is 111 cm³/mol. The van der Waals surface area contributed by atoms with Crippen molar-refractivity contribution < 1.29 is 19.1 Å². The Kier molecular flexibility index (Phi) is 5.36. The first-order valence-electron chi connectivity index (χ1n) is 9.03. The Balaban J connectivity index is 1.54. The zero-order valence-corrected chi connectivity index (χ0v) is 17.3. The molecule has 0 unspecified atom stereocenters. The van der Waals surface area contributed by atoms with Gasteiger partial charge in [-0.15, -0.1) is 0 Å². The highest BCUT2D eigenvalue weighted by atomic mass is 35.5. The van der Waals surface area contributed by atoms with Gasteiger partial charge in [0.2, 0.25) is 11.7 Å². The number of halogens is 2. The second-order valence-corrected chi connectivity index (χ2v) is 7.62. The molecule has 0 saturated carbocycles. The Morgan fingerprint density at radius 2 is 2.00 bits per heavy atom. The van der Waals surface area contributed by atoms with Crippen LogP contribution in [0.3, 0.4) is 0 Å². The maximum atomic E-state index is 12.9. The number of hydrogen-bond acceptors (Lipinski definition) is 5. The number of ketones is 1. The molecule has 10 heteroatoms. The van der Waals surface area contributed by atoms with Crippen molar-refractivity contribution in [2.24, 2.45) is 0 Å². The van der Waals surface area contributed by atoms with Gasteiger partial charge in [-0.1, -0.05) is 23.2 Å². The Labute approximate surface area is 181 Å². The monoisotopic (exact) mass is 446 g/mol. The molecule has 1 N–H and O–H groups in total. The predicted octanol–water partition coefficient (Wildman–Crippen LogP) is 3.33. The molecule has 1 fully saturated rings. The number of hydrogen-bond donors (Lipinski definition) is 1. The second kappa shape index (κ2) is 7.97. The lowest BCUT2D eigenvalue weighted by atomic mass is 10.1. The van der Waals surface area contributed by atoms with Crippen LogP contribution in [0, 0.1) is 0 Å². The SMILES string of the molecule is CC(=O)NC[C@H]1CN(c2ccc(C(=O)c3cnc4c(Cl)cc(Cl)cn34)cc2)C(=O)O1. The Bertz CT molecular complexity index is 1160. The van der Waals surface area contributed by atoms with Gasteiger partial charge in [0.1, 0.15) is 11.8 Å². The number of imidazole rings is 1. The number of benzene rings is 1. The molecule has 1 aliphatic heterocycles. The van der Waals surface area contributed by atoms with Crippen LogP contribution in [0.5, 0.6) is 0 Å². The lowest BCUT2D eigenvalue weighted by Gasteiger charge is -2.13. The van der Waals surface area contributed by atoms with Crippen LogP contribution in [0.4, 0.5) is 10.5 Å². The van der Waals surface area contributed by atoms with Gasteiger partial charge in [-0.05, 0) is 30.3 Å². The van der Waals surface area contributed by atoms with E-state index < -0.39 is 12.2 Å². The molecular formula is C20H16Cl2N4O4. The van der Waals surface area contributed by atoms with Crippen molar-refractivity contribution >= 4 is 52.3 Å². The van der Waals surface area contributed by atoms with Gasteiger partial charge in [0, 0.05) is 24.4 Å². The smallest absolute Gasteiger partial charge is 0.414 e. The third kappa shape index (κ3) is 3.83. The number of nitrogens with zero attached hydrogens (tertiary/aromatic N) is 3. The van der Waals surface area contributed by atoms with Crippen molar-refractivity contribution in [1.29, 1.82) is 0 Å². The minimum Gasteiger partial charge on any atom is -0.442 e. The van der Waals surface area contributed by atoms with E-state index in [4.69, 9.17) is 27.9 Å². The Morgan fingerprint density at radius 1 is 1.27 bits per heavy atom. The molecule has 1 aliphatic rings. The standard InChI is InChI=1S/C20H16Cl2N4O4/c1-11(27)23-7-15-10-25(20(29)30-15)14-4-2-12(3-5-14)18(28)17-8-24-19-16(22)6-13(21)9-26(17)19/h2-6,8-9,15H,7,10H2,1H3,(H,23,27)/t15-/m0/s1. The molecule has 0 radical (unpaired) electrons. The number of pyridine rings is 1. The van der Waals surface area contributed by atoms with Gasteiger partial charge < -0.3 is 10.1 Å². The molecule has 1 aromatic carbocycles. The molecule has 2 amide bonds. The first-order valence-corrected chi connectivity index (χ1v) is 9.78. The van der Waals surface area contributed by atoms with Gasteiger partial charge >= 0.3 is 6.09 Å². The van der Waals surface area contributed by atoms with Crippen LogP contribution in [-0.4, -0.2) is 46.4 Å². The summed E-state index contributed by atoms with van der Waals surface area (Å²) in [6.07, 6.45) is 2.08. The molecule has 154 valence electrons. The van der Waals surface area contributed by atoms with Gasteiger partial charge in [-0.3, -0.25) is 18.9 Å². The fourth-order valence-corrected chi connectivity index (χ4v) is 3.74. The highest BCUT2D eigenvalue weighted by Crippen LogP contribution is 2.25. The summed E-state index contributed by atoms with van der Waals surface area (Å²) in [5.41, 5.74) is 1.76. The average Bonchev–Trinajstić information content (AvgIpc) is 3.29. The van der Waals surface area contributed by atoms with Crippen molar-refractivity contribution in [1.82, 2.24) is 14.7 Å². The fraction of sp³-hybridized carbons (Fsp3) is 0.200. The maximum Gasteiger partial charge on any atom is 0.414 e. The summed E-state index contributed by atoms with van der Waals surface area (Å²) in [5.74, 6) is -0.456. The number of anilines is 1. The van der Waals surface area contributed by atoms with Crippen molar-refractivity contribution in [3.63, 3.8) is 0 Å². The van der Waals surface area contributed by atoms with Crippen LogP contribution < -0.4 is 10.2 Å². The molecule has 1 saturated heterocycles. The Hall–Kier alpha value is -3.10. The summed E-state index contributed by atoms with van der Waals surface area (Å²) >= 11 is 12.2. The van der Waals surface area contributed by atoms with E-state index in [1.165, 1.54) is 18.0 Å². The number of carbonyl (C=O) groups is 3. The van der Waals surface area contributed by atoms with Crippen molar-refractivity contribution in [3.8, 4) is 0 Å². The summed E-state index contributed by atoms with van der Waals surface area (Å²) in [6, 6.07) is 8.13. The number of nitrogens with one attached hydrogen (secondary N) is 1. The third-order valence-electron chi connectivity index (χ3n) is 4.65. The number of carbonyl (C=O) groups excluding carboxylic acids is 3. The highest BCUT2D eigenvalue weighted by Gasteiger charge is 2.32. The normalized spacial score (nSPS) is 16.0. The van der Waals surface area contributed by atoms with E-state index in [9.17, 15) is 14.4 Å². The largest absolute Gasteiger partial charge is 0.442 e. The third-order valence-corrected chi connectivity index (χ3v) is 5.14. The van der Waals surface area contributed by atoms with E-state index in [2.05, 4.69) is 10.3 Å². The number of cyclic esters (lactones) is 1. The van der Waals surface area contributed by atoms with Gasteiger partial charge in [-0.25, -0.2) is 9.78 Å². The van der Waals surface area contributed by atoms with Crippen LogP contribution >= 0.6 is 23.2 Å². The quantitative estimate of drug-likeness (QED) is 0.606. The molecule has 0 bridgehead atoms. The molecule has 3 heterocycles. The van der Waals surface area contributed by atoms with E-state index in [0.717, 1.165) is 0 Å². The zero-order chi connectivity index (χ0) is 21.4. The Morgan fingerprint density at radius 3 is 2.70 bits per heavy atom. The van der Waals surface area contributed by atoms with Crippen LogP contribution in [-0.2, 0) is 9.53 Å². The molecule has 1 atom stereocenters. The van der Waals surface area contributed by atoms with Gasteiger partial charge in [-0.2, -0.15) is 0 Å². The highest BCUT2D eigenvalue weighted by molar-refractivity contribution is 6.36. The molecule has 0 aliphatic carbocycles. The van der Waals surface area contributed by atoms with Crippen LogP contribution in [0.25, 0.3) is 5.65 Å². The molecule has 0 spiro atoms. The van der Waals surface area contributed by atoms with Crippen LogP contribution in [0.2, 0.25) is 10.0 Å². The topological polar surface area (TPSA) is 93.0 Å². The molecule has 4 rings (SSSR count). The minimum absolute atomic E-state index is 0.192. The first kappa shape index (κ1) is 20.2. The van der Waals surface area contributed by atoms with Gasteiger partial charge in [0.15, 0.2) is 5.65 Å². The van der Waals surface area contributed by atoms with Crippen molar-refractivity contribution in [3.05, 3.63) is 64.0 Å². The molecule has 2 aromatic heterocycles. The number of rotatable bonds is 5. The summed E-state index contributed by atoms with van der Waals surface area (Å²) in [6.45, 7) is 1.94. The number of amides is 2. The molecule has 3 aromatic rings. The van der Waals surface area contributed by atoms with E-state index in [1.807, 2.05) is 0 Å². The zero-order valence-electron chi connectivity index (χ0n) is 15.8. The summed E-state index contributed by atoms with van der Waals surface area (Å²) < 4.78 is 6.80. The van der Waals surface area contributed by atoms with E-state index in [-0.39, 0.29) is 18.2 Å². The lowest BCUT2D eigenvalue weighted by molar-refractivity contribution is -0.119. The van der Waals surface area contributed by atoms with E-state index >= 15 is 0 Å². The minimum atomic E-state index is -0.504. The number of aromatic nitrogens is 2. The average molecular weight is 447 g/mol. The van der Waals surface area contributed by atoms with Crippen molar-refractivity contribution in [2.75, 3.05) is 18.0 Å². The molecule has 8 nitrogen and oxygen atoms in total. The number of ether oxygens (including phenoxy) is 1. The van der Waals surface area contributed by atoms with Crippen molar-refractivity contribution in [2.45, 2.75) is 13.0 Å². The van der Waals surface area contributed by atoms with Crippen LogP contribution in [0.15, 0.2) is 42.7 Å². The maximum absolute atomic E-state index is 12.9. The summed E-state index contributed by atoms with van der Waals surface area (Å²) in [4.78, 5) is 41.8. The van der Waals surface area contributed by atoms with Gasteiger partial charge in [0.05, 0.1) is 29.3 Å². The lowest BCUT2D eigenvalue weighted by Crippen LogP contribution is -2.33. The molecule has 30 heavy (non-hydrogen) atoms. The number of fused-ring (bicyclic) bond motifs is 1. The summed E-state index contributed by atoms with van der Waals surface area (Å²) in [7, 11) is 0.